The molecule has 2 aliphatic heterocycles. The number of nitrogens with zero attached hydrogens (tertiary/aromatic N) is 1. The Balaban J connectivity index is 2.04. The van der Waals surface area contributed by atoms with Gasteiger partial charge in [0.25, 0.3) is 0 Å². The Morgan fingerprint density at radius 2 is 2.11 bits per heavy atom. The first-order valence-corrected chi connectivity index (χ1v) is 6.32. The lowest BCUT2D eigenvalue weighted by Gasteiger charge is -2.29. The minimum Gasteiger partial charge on any atom is -0.465 e. The van der Waals surface area contributed by atoms with Gasteiger partial charge in [-0.1, -0.05) is 0 Å². The van der Waals surface area contributed by atoms with Crippen LogP contribution in [0, 0.1) is 5.92 Å². The van der Waals surface area contributed by atoms with E-state index < -0.39 is 23.5 Å². The normalized spacial score (nSPS) is 30.1. The Bertz CT molecular complexity index is 392. The number of likely N-dealkylation sites (tertiary alicyclic amines) is 1. The summed E-state index contributed by atoms with van der Waals surface area (Å²) in [5.74, 6) is -0.0175. The van der Waals surface area contributed by atoms with Crippen molar-refractivity contribution in [2.75, 3.05) is 26.2 Å². The number of carbonyl (C=O) groups is 2. The first-order chi connectivity index (χ1) is 8.72. The number of nitrogens with one attached hydrogen (secondary N) is 1. The van der Waals surface area contributed by atoms with E-state index in [0.29, 0.717) is 19.6 Å². The van der Waals surface area contributed by atoms with Crippen LogP contribution in [-0.2, 0) is 9.47 Å². The molecule has 2 N–H and O–H groups in total. The summed E-state index contributed by atoms with van der Waals surface area (Å²) in [6.45, 7) is 6.95. The second kappa shape index (κ2) is 4.56. The van der Waals surface area contributed by atoms with Crippen molar-refractivity contribution in [3.8, 4) is 0 Å². The highest BCUT2D eigenvalue weighted by Gasteiger charge is 2.54. The number of carbonyl (C=O) groups excluding carboxylic acids is 1. The van der Waals surface area contributed by atoms with E-state index in [1.807, 2.05) is 0 Å². The molecule has 2 atom stereocenters. The van der Waals surface area contributed by atoms with Gasteiger partial charge in [-0.05, 0) is 20.8 Å². The summed E-state index contributed by atoms with van der Waals surface area (Å²) in [4.78, 5) is 24.1. The molecule has 0 aromatic heterocycles. The lowest BCUT2D eigenvalue weighted by molar-refractivity contribution is -0.0639. The predicted molar refractivity (Wildman–Crippen MR) is 66.0 cm³/mol. The number of amides is 1. The van der Waals surface area contributed by atoms with Gasteiger partial charge in [0.1, 0.15) is 5.60 Å². The van der Waals surface area contributed by atoms with E-state index in [4.69, 9.17) is 14.6 Å². The van der Waals surface area contributed by atoms with Gasteiger partial charge in [-0.2, -0.15) is 0 Å². The molecule has 0 unspecified atom stereocenters. The first kappa shape index (κ1) is 13.9. The minimum absolute atomic E-state index is 0.0175. The van der Waals surface area contributed by atoms with Crippen LogP contribution in [-0.4, -0.2) is 59.6 Å². The number of ether oxygens (including phenoxy) is 2. The van der Waals surface area contributed by atoms with Crippen molar-refractivity contribution < 1.29 is 24.2 Å². The molecule has 2 rings (SSSR count). The molecule has 0 bridgehead atoms. The molecule has 0 radical (unpaired) electrons. The second-order valence-electron chi connectivity index (χ2n) is 6.12. The van der Waals surface area contributed by atoms with Gasteiger partial charge in [-0.3, -0.25) is 0 Å². The first-order valence-electron chi connectivity index (χ1n) is 6.32. The highest BCUT2D eigenvalue weighted by atomic mass is 16.7. The van der Waals surface area contributed by atoms with Gasteiger partial charge >= 0.3 is 12.2 Å². The zero-order valence-corrected chi connectivity index (χ0v) is 11.4. The van der Waals surface area contributed by atoms with E-state index in [0.717, 1.165) is 0 Å². The summed E-state index contributed by atoms with van der Waals surface area (Å²) in [5.41, 5.74) is -1.42. The third-order valence-electron chi connectivity index (χ3n) is 3.40. The topological polar surface area (TPSA) is 88.1 Å². The van der Waals surface area contributed by atoms with Gasteiger partial charge in [0, 0.05) is 25.6 Å². The van der Waals surface area contributed by atoms with Gasteiger partial charge in [0.2, 0.25) is 0 Å². The molecule has 2 saturated heterocycles. The molecule has 108 valence electrons. The van der Waals surface area contributed by atoms with E-state index in [1.165, 1.54) is 4.90 Å². The highest BCUT2D eigenvalue weighted by molar-refractivity contribution is 5.66. The van der Waals surface area contributed by atoms with Crippen molar-refractivity contribution in [1.82, 2.24) is 10.2 Å². The van der Waals surface area contributed by atoms with Gasteiger partial charge in [-0.15, -0.1) is 0 Å². The fraction of sp³-hybridized carbons (Fsp3) is 0.833. The van der Waals surface area contributed by atoms with E-state index in [1.54, 1.807) is 20.8 Å². The van der Waals surface area contributed by atoms with Gasteiger partial charge in [-0.25, -0.2) is 9.59 Å². The van der Waals surface area contributed by atoms with Gasteiger partial charge in [0.05, 0.1) is 6.54 Å². The zero-order valence-electron chi connectivity index (χ0n) is 11.4. The zero-order chi connectivity index (χ0) is 14.3. The summed E-state index contributed by atoms with van der Waals surface area (Å²) >= 11 is 0. The molecule has 0 spiro atoms. The van der Waals surface area contributed by atoms with Crippen LogP contribution in [0.3, 0.4) is 0 Å². The number of rotatable bonds is 1. The van der Waals surface area contributed by atoms with E-state index >= 15 is 0 Å². The number of hydrogen-bond acceptors (Lipinski definition) is 5. The summed E-state index contributed by atoms with van der Waals surface area (Å²) in [6, 6.07) is 0. The van der Waals surface area contributed by atoms with Gasteiger partial charge < -0.3 is 24.8 Å². The van der Waals surface area contributed by atoms with Crippen LogP contribution in [0.25, 0.3) is 0 Å². The Labute approximate surface area is 111 Å². The average molecular weight is 272 g/mol. The molecular weight excluding hydrogens is 252 g/mol. The third-order valence-corrected chi connectivity index (χ3v) is 3.40. The van der Waals surface area contributed by atoms with Crippen molar-refractivity contribution in [1.29, 1.82) is 0 Å². The van der Waals surface area contributed by atoms with Crippen LogP contribution in [0.15, 0.2) is 0 Å². The molecule has 0 aliphatic carbocycles. The molecule has 1 amide bonds. The van der Waals surface area contributed by atoms with E-state index in [-0.39, 0.29) is 12.5 Å². The quantitative estimate of drug-likeness (QED) is 0.689. The van der Waals surface area contributed by atoms with E-state index in [9.17, 15) is 9.59 Å². The number of hydrogen-bond donors (Lipinski definition) is 2. The maximum absolute atomic E-state index is 11.8. The molecule has 7 heteroatoms. The Kier molecular flexibility index (Phi) is 3.34. The lowest BCUT2D eigenvalue weighted by atomic mass is 9.95. The average Bonchev–Trinajstić information content (AvgIpc) is 2.69. The molecule has 2 heterocycles. The molecule has 0 saturated carbocycles. The molecule has 2 fully saturated rings. The highest BCUT2D eigenvalue weighted by Crippen LogP contribution is 2.35. The maximum atomic E-state index is 11.8. The third kappa shape index (κ3) is 2.91. The van der Waals surface area contributed by atoms with Crippen LogP contribution in [0.2, 0.25) is 0 Å². The minimum atomic E-state index is -0.985. The van der Waals surface area contributed by atoms with Crippen LogP contribution < -0.4 is 5.32 Å². The number of fused-ring (bicyclic) bond motifs is 1. The second-order valence-corrected chi connectivity index (χ2v) is 6.12. The van der Waals surface area contributed by atoms with Crippen molar-refractivity contribution in [3.63, 3.8) is 0 Å². The monoisotopic (exact) mass is 272 g/mol. The Hall–Kier alpha value is -1.50. The SMILES string of the molecule is CC(C)(C)OC(=O)O[C@@]12CNC[C@@H]1CN(C(=O)O)C2. The smallest absolute Gasteiger partial charge is 0.465 e. The van der Waals surface area contributed by atoms with Crippen molar-refractivity contribution >= 4 is 12.2 Å². The van der Waals surface area contributed by atoms with Crippen molar-refractivity contribution in [3.05, 3.63) is 0 Å². The molecule has 19 heavy (non-hydrogen) atoms. The summed E-state index contributed by atoms with van der Waals surface area (Å²) in [7, 11) is 0. The maximum Gasteiger partial charge on any atom is 0.509 e. The predicted octanol–water partition coefficient (Wildman–Crippen LogP) is 0.890. The number of carboxylic acid groups (broad SMARTS) is 1. The standard InChI is InChI=1S/C12H20N2O5/c1-11(2,3)18-10(17)19-12-6-13-4-8(12)5-14(7-12)9(15)16/h8,13H,4-7H2,1-3H3,(H,15,16)/t8-,12-/m1/s1. The van der Waals surface area contributed by atoms with E-state index in [2.05, 4.69) is 5.32 Å². The van der Waals surface area contributed by atoms with Crippen LogP contribution in [0.5, 0.6) is 0 Å². The fourth-order valence-corrected chi connectivity index (χ4v) is 2.59. The molecule has 0 aromatic rings. The summed E-state index contributed by atoms with van der Waals surface area (Å²) in [5, 5.41) is 12.2. The van der Waals surface area contributed by atoms with Gasteiger partial charge in [0.15, 0.2) is 5.60 Å². The lowest BCUT2D eigenvalue weighted by Crippen LogP contribution is -2.45. The Morgan fingerprint density at radius 3 is 2.68 bits per heavy atom. The fourth-order valence-electron chi connectivity index (χ4n) is 2.59. The summed E-state index contributed by atoms with van der Waals surface area (Å²) in [6.07, 6.45) is -1.73. The van der Waals surface area contributed by atoms with Crippen LogP contribution in [0.4, 0.5) is 9.59 Å². The summed E-state index contributed by atoms with van der Waals surface area (Å²) < 4.78 is 10.6. The van der Waals surface area contributed by atoms with Crippen LogP contribution in [0.1, 0.15) is 20.8 Å². The van der Waals surface area contributed by atoms with Crippen molar-refractivity contribution in [2.45, 2.75) is 32.0 Å². The Morgan fingerprint density at radius 1 is 1.42 bits per heavy atom. The van der Waals surface area contributed by atoms with Crippen LogP contribution >= 0.6 is 0 Å². The largest absolute Gasteiger partial charge is 0.509 e. The molecule has 0 aromatic carbocycles. The molecule has 7 nitrogen and oxygen atoms in total. The molecule has 2 aliphatic rings. The van der Waals surface area contributed by atoms with Crippen molar-refractivity contribution in [2.24, 2.45) is 5.92 Å². The molecular formula is C12H20N2O5.